The van der Waals surface area contributed by atoms with Gasteiger partial charge in [-0.15, -0.1) is 0 Å². The zero-order chi connectivity index (χ0) is 17.1. The molecule has 0 spiro atoms. The minimum Gasteiger partial charge on any atom is -0.497 e. The Bertz CT molecular complexity index is 870. The second-order valence-corrected chi connectivity index (χ2v) is 5.39. The average Bonchev–Trinajstić information content (AvgIpc) is 2.61. The van der Waals surface area contributed by atoms with Gasteiger partial charge in [0.1, 0.15) is 29.5 Å². The number of rotatable bonds is 5. The maximum Gasteiger partial charge on any atom is 0.140 e. The van der Waals surface area contributed by atoms with E-state index in [4.69, 9.17) is 9.47 Å². The number of ether oxygens (including phenoxy) is 2. The molecule has 0 saturated heterocycles. The lowest BCUT2D eigenvalue weighted by Gasteiger charge is -2.21. The van der Waals surface area contributed by atoms with Crippen LogP contribution in [-0.2, 0) is 6.54 Å². The Labute approximate surface area is 139 Å². The molecule has 0 bridgehead atoms. The molecule has 0 N–H and O–H groups in total. The summed E-state index contributed by atoms with van der Waals surface area (Å²) in [5, 5.41) is 0.674. The van der Waals surface area contributed by atoms with Crippen LogP contribution in [0.3, 0.4) is 0 Å². The van der Waals surface area contributed by atoms with E-state index >= 15 is 0 Å². The zero-order valence-electron chi connectivity index (χ0n) is 13.8. The molecule has 6 heteroatoms. The quantitative estimate of drug-likeness (QED) is 0.718. The minimum absolute atomic E-state index is 0.311. The maximum absolute atomic E-state index is 13.6. The number of methoxy groups -OCH3 is 2. The molecule has 1 aromatic heterocycles. The van der Waals surface area contributed by atoms with Crippen molar-refractivity contribution in [3.8, 4) is 11.5 Å². The summed E-state index contributed by atoms with van der Waals surface area (Å²) in [7, 11) is 5.13. The van der Waals surface area contributed by atoms with Gasteiger partial charge >= 0.3 is 0 Å². The summed E-state index contributed by atoms with van der Waals surface area (Å²) in [6, 6.07) is 10.2. The zero-order valence-corrected chi connectivity index (χ0v) is 13.8. The molecule has 0 aliphatic rings. The highest BCUT2D eigenvalue weighted by atomic mass is 19.1. The van der Waals surface area contributed by atoms with Crippen LogP contribution in [0.1, 0.15) is 5.56 Å². The van der Waals surface area contributed by atoms with Gasteiger partial charge in [-0.05, 0) is 30.3 Å². The van der Waals surface area contributed by atoms with E-state index in [1.807, 2.05) is 30.1 Å². The van der Waals surface area contributed by atoms with Crippen molar-refractivity contribution in [1.82, 2.24) is 9.97 Å². The number of hydrogen-bond donors (Lipinski definition) is 0. The maximum atomic E-state index is 13.6. The van der Waals surface area contributed by atoms with Crippen LogP contribution in [0, 0.1) is 5.82 Å². The average molecular weight is 327 g/mol. The highest BCUT2D eigenvalue weighted by Gasteiger charge is 2.13. The molecule has 0 amide bonds. The van der Waals surface area contributed by atoms with Gasteiger partial charge in [0.25, 0.3) is 0 Å². The summed E-state index contributed by atoms with van der Waals surface area (Å²) < 4.78 is 24.2. The number of hydrogen-bond acceptors (Lipinski definition) is 5. The molecular formula is C18H18FN3O2. The lowest BCUT2D eigenvalue weighted by molar-refractivity contribution is 0.391. The Hall–Kier alpha value is -2.89. The number of benzene rings is 2. The predicted octanol–water partition coefficient (Wildman–Crippen LogP) is 3.42. The summed E-state index contributed by atoms with van der Waals surface area (Å²) in [5.41, 5.74) is 1.68. The van der Waals surface area contributed by atoms with Gasteiger partial charge in [-0.2, -0.15) is 0 Å². The number of anilines is 1. The molecule has 1 heterocycles. The number of aromatic nitrogens is 2. The third kappa shape index (κ3) is 3.08. The monoisotopic (exact) mass is 327 g/mol. The van der Waals surface area contributed by atoms with Crippen LogP contribution in [0.15, 0.2) is 42.7 Å². The molecular weight excluding hydrogens is 309 g/mol. The molecule has 5 nitrogen and oxygen atoms in total. The van der Waals surface area contributed by atoms with E-state index in [2.05, 4.69) is 9.97 Å². The van der Waals surface area contributed by atoms with Crippen LogP contribution >= 0.6 is 0 Å². The summed E-state index contributed by atoms with van der Waals surface area (Å²) in [5.74, 6) is 1.81. The predicted molar refractivity (Wildman–Crippen MR) is 91.1 cm³/mol. The molecule has 0 fully saturated rings. The second kappa shape index (κ2) is 6.70. The van der Waals surface area contributed by atoms with Crippen molar-refractivity contribution in [3.63, 3.8) is 0 Å². The highest BCUT2D eigenvalue weighted by molar-refractivity contribution is 5.89. The smallest absolute Gasteiger partial charge is 0.140 e. The normalized spacial score (nSPS) is 10.7. The van der Waals surface area contributed by atoms with Crippen LogP contribution in [0.5, 0.6) is 11.5 Å². The van der Waals surface area contributed by atoms with E-state index in [9.17, 15) is 4.39 Å². The van der Waals surface area contributed by atoms with Crippen LogP contribution in [0.2, 0.25) is 0 Å². The third-order valence-electron chi connectivity index (χ3n) is 3.84. The van der Waals surface area contributed by atoms with Crippen molar-refractivity contribution < 1.29 is 13.9 Å². The van der Waals surface area contributed by atoms with Crippen LogP contribution < -0.4 is 14.4 Å². The van der Waals surface area contributed by atoms with Crippen molar-refractivity contribution >= 4 is 16.7 Å². The Morgan fingerprint density at radius 3 is 2.62 bits per heavy atom. The molecule has 2 aromatic carbocycles. The van der Waals surface area contributed by atoms with Crippen molar-refractivity contribution in [1.29, 1.82) is 0 Å². The lowest BCUT2D eigenvalue weighted by Crippen LogP contribution is -2.18. The standard InChI is InChI=1S/C18H18FN3O2/c1-22(10-12-4-6-14(23-2)9-17(12)24-3)18-15-8-13(19)5-7-16(15)20-11-21-18/h4-9,11H,10H2,1-3H3. The molecule has 24 heavy (non-hydrogen) atoms. The first-order chi connectivity index (χ1) is 11.6. The fourth-order valence-electron chi connectivity index (χ4n) is 2.63. The van der Waals surface area contributed by atoms with Crippen molar-refractivity contribution in [3.05, 3.63) is 54.1 Å². The fraction of sp³-hybridized carbons (Fsp3) is 0.222. The van der Waals surface area contributed by atoms with E-state index < -0.39 is 0 Å². The Morgan fingerprint density at radius 1 is 1.04 bits per heavy atom. The molecule has 0 unspecified atom stereocenters. The van der Waals surface area contributed by atoms with E-state index in [1.165, 1.54) is 18.5 Å². The molecule has 3 aromatic rings. The largest absolute Gasteiger partial charge is 0.497 e. The molecule has 3 rings (SSSR count). The summed E-state index contributed by atoms with van der Waals surface area (Å²) in [6.45, 7) is 0.551. The molecule has 0 saturated carbocycles. The molecule has 0 atom stereocenters. The van der Waals surface area contributed by atoms with E-state index in [0.29, 0.717) is 23.3 Å². The van der Waals surface area contributed by atoms with E-state index in [-0.39, 0.29) is 5.82 Å². The van der Waals surface area contributed by atoms with Gasteiger partial charge in [-0.25, -0.2) is 14.4 Å². The van der Waals surface area contributed by atoms with Crippen molar-refractivity contribution in [2.75, 3.05) is 26.2 Å². The molecule has 0 aliphatic carbocycles. The van der Waals surface area contributed by atoms with Gasteiger partial charge in [-0.1, -0.05) is 0 Å². The Morgan fingerprint density at radius 2 is 1.88 bits per heavy atom. The summed E-state index contributed by atoms with van der Waals surface area (Å²) in [6.07, 6.45) is 1.48. The SMILES string of the molecule is COc1ccc(CN(C)c2ncnc3ccc(F)cc23)c(OC)c1. The lowest BCUT2D eigenvalue weighted by atomic mass is 10.1. The summed E-state index contributed by atoms with van der Waals surface area (Å²) >= 11 is 0. The van der Waals surface area contributed by atoms with Gasteiger partial charge < -0.3 is 14.4 Å². The number of fused-ring (bicyclic) bond motifs is 1. The number of halogens is 1. The second-order valence-electron chi connectivity index (χ2n) is 5.39. The Balaban J connectivity index is 1.96. The highest BCUT2D eigenvalue weighted by Crippen LogP contribution is 2.28. The van der Waals surface area contributed by atoms with Gasteiger partial charge in [0, 0.05) is 30.6 Å². The van der Waals surface area contributed by atoms with Gasteiger partial charge in [-0.3, -0.25) is 0 Å². The molecule has 0 radical (unpaired) electrons. The van der Waals surface area contributed by atoms with Crippen LogP contribution in [0.4, 0.5) is 10.2 Å². The first-order valence-corrected chi connectivity index (χ1v) is 7.44. The minimum atomic E-state index is -0.311. The number of nitrogens with zero attached hydrogens (tertiary/aromatic N) is 3. The first-order valence-electron chi connectivity index (χ1n) is 7.44. The van der Waals surface area contributed by atoms with Crippen LogP contribution in [0.25, 0.3) is 10.9 Å². The molecule has 124 valence electrons. The summed E-state index contributed by atoms with van der Waals surface area (Å²) in [4.78, 5) is 10.4. The van der Waals surface area contributed by atoms with E-state index in [1.54, 1.807) is 20.3 Å². The van der Waals surface area contributed by atoms with Crippen molar-refractivity contribution in [2.24, 2.45) is 0 Å². The van der Waals surface area contributed by atoms with Gasteiger partial charge in [0.05, 0.1) is 19.7 Å². The van der Waals surface area contributed by atoms with Gasteiger partial charge in [0.15, 0.2) is 0 Å². The van der Waals surface area contributed by atoms with Gasteiger partial charge in [0.2, 0.25) is 0 Å². The van der Waals surface area contributed by atoms with Crippen molar-refractivity contribution in [2.45, 2.75) is 6.54 Å². The fourth-order valence-corrected chi connectivity index (χ4v) is 2.63. The third-order valence-corrected chi connectivity index (χ3v) is 3.84. The topological polar surface area (TPSA) is 47.5 Å². The molecule has 0 aliphatic heterocycles. The van der Waals surface area contributed by atoms with Crippen LogP contribution in [-0.4, -0.2) is 31.2 Å². The first kappa shape index (κ1) is 16.0. The van der Waals surface area contributed by atoms with E-state index in [0.717, 1.165) is 17.1 Å². The Kier molecular flexibility index (Phi) is 4.46.